The van der Waals surface area contributed by atoms with Gasteiger partial charge < -0.3 is 5.73 Å². The average Bonchev–Trinajstić information content (AvgIpc) is 2.03. The standard InChI is InChI=1S/C8H11BrN2/c1-6(5-10)7-2-3-11-8(9)4-7/h2-4,6H,5,10H2,1H3. The van der Waals surface area contributed by atoms with E-state index in [-0.39, 0.29) is 0 Å². The lowest BCUT2D eigenvalue weighted by Gasteiger charge is -2.07. The van der Waals surface area contributed by atoms with Gasteiger partial charge in [0.15, 0.2) is 0 Å². The molecule has 0 amide bonds. The van der Waals surface area contributed by atoms with E-state index < -0.39 is 0 Å². The van der Waals surface area contributed by atoms with Crippen LogP contribution in [0.5, 0.6) is 0 Å². The van der Waals surface area contributed by atoms with E-state index in [9.17, 15) is 0 Å². The molecule has 1 atom stereocenters. The highest BCUT2D eigenvalue weighted by Crippen LogP contribution is 2.16. The van der Waals surface area contributed by atoms with Gasteiger partial charge in [0, 0.05) is 6.20 Å². The summed E-state index contributed by atoms with van der Waals surface area (Å²) >= 11 is 3.31. The van der Waals surface area contributed by atoms with Crippen molar-refractivity contribution in [1.82, 2.24) is 4.98 Å². The van der Waals surface area contributed by atoms with Gasteiger partial charge in [0.25, 0.3) is 0 Å². The summed E-state index contributed by atoms with van der Waals surface area (Å²) in [6, 6.07) is 3.99. The molecule has 1 aromatic heterocycles. The van der Waals surface area contributed by atoms with Crippen molar-refractivity contribution in [1.29, 1.82) is 0 Å². The lowest BCUT2D eigenvalue weighted by Crippen LogP contribution is -2.08. The van der Waals surface area contributed by atoms with Crippen LogP contribution < -0.4 is 5.73 Å². The zero-order valence-electron chi connectivity index (χ0n) is 6.42. The maximum atomic E-state index is 5.52. The van der Waals surface area contributed by atoms with Crippen molar-refractivity contribution in [3.63, 3.8) is 0 Å². The van der Waals surface area contributed by atoms with Crippen LogP contribution >= 0.6 is 15.9 Å². The highest BCUT2D eigenvalue weighted by atomic mass is 79.9. The van der Waals surface area contributed by atoms with Crippen LogP contribution in [-0.4, -0.2) is 11.5 Å². The molecule has 0 aliphatic carbocycles. The van der Waals surface area contributed by atoms with Crippen molar-refractivity contribution in [2.75, 3.05) is 6.54 Å². The zero-order chi connectivity index (χ0) is 8.27. The van der Waals surface area contributed by atoms with E-state index in [0.29, 0.717) is 12.5 Å². The number of halogens is 1. The summed E-state index contributed by atoms with van der Waals surface area (Å²) in [5.41, 5.74) is 6.75. The van der Waals surface area contributed by atoms with Crippen LogP contribution in [0.25, 0.3) is 0 Å². The Morgan fingerprint density at radius 3 is 3.00 bits per heavy atom. The monoisotopic (exact) mass is 214 g/mol. The summed E-state index contributed by atoms with van der Waals surface area (Å²) in [4.78, 5) is 4.03. The molecule has 0 spiro atoms. The van der Waals surface area contributed by atoms with E-state index >= 15 is 0 Å². The fraction of sp³-hybridized carbons (Fsp3) is 0.375. The normalized spacial score (nSPS) is 13.0. The minimum absolute atomic E-state index is 0.411. The van der Waals surface area contributed by atoms with Crippen LogP contribution in [0.15, 0.2) is 22.9 Å². The number of pyridine rings is 1. The second-order valence-electron chi connectivity index (χ2n) is 2.55. The molecule has 1 heterocycles. The molecule has 0 aromatic carbocycles. The van der Waals surface area contributed by atoms with Crippen molar-refractivity contribution in [2.24, 2.45) is 5.73 Å². The van der Waals surface area contributed by atoms with Crippen molar-refractivity contribution < 1.29 is 0 Å². The lowest BCUT2D eigenvalue weighted by molar-refractivity contribution is 0.771. The maximum Gasteiger partial charge on any atom is 0.106 e. The summed E-state index contributed by atoms with van der Waals surface area (Å²) in [5, 5.41) is 0. The Hall–Kier alpha value is -0.410. The van der Waals surface area contributed by atoms with Crippen LogP contribution in [0.4, 0.5) is 0 Å². The van der Waals surface area contributed by atoms with E-state index in [1.807, 2.05) is 12.1 Å². The molecule has 0 radical (unpaired) electrons. The first-order chi connectivity index (χ1) is 5.24. The SMILES string of the molecule is CC(CN)c1ccnc(Br)c1. The van der Waals surface area contributed by atoms with Crippen LogP contribution in [0.2, 0.25) is 0 Å². The highest BCUT2D eigenvalue weighted by Gasteiger charge is 2.02. The Morgan fingerprint density at radius 1 is 1.73 bits per heavy atom. The van der Waals surface area contributed by atoms with Gasteiger partial charge in [-0.05, 0) is 46.1 Å². The first kappa shape index (κ1) is 8.68. The summed E-state index contributed by atoms with van der Waals surface area (Å²) in [7, 11) is 0. The molecule has 0 bridgehead atoms. The fourth-order valence-electron chi connectivity index (χ4n) is 0.860. The first-order valence-corrected chi connectivity index (χ1v) is 4.35. The van der Waals surface area contributed by atoms with Crippen molar-refractivity contribution >= 4 is 15.9 Å². The van der Waals surface area contributed by atoms with Gasteiger partial charge in [0.1, 0.15) is 4.60 Å². The topological polar surface area (TPSA) is 38.9 Å². The molecule has 3 heteroatoms. The minimum atomic E-state index is 0.411. The summed E-state index contributed by atoms with van der Waals surface area (Å²) in [6.07, 6.45) is 1.78. The molecular weight excluding hydrogens is 204 g/mol. The maximum absolute atomic E-state index is 5.52. The van der Waals surface area contributed by atoms with Crippen molar-refractivity contribution in [3.05, 3.63) is 28.5 Å². The molecule has 2 nitrogen and oxygen atoms in total. The van der Waals surface area contributed by atoms with Crippen LogP contribution in [0.3, 0.4) is 0 Å². The summed E-state index contributed by atoms with van der Waals surface area (Å²) in [5.74, 6) is 0.411. The van der Waals surface area contributed by atoms with Crippen LogP contribution in [0, 0.1) is 0 Å². The Morgan fingerprint density at radius 2 is 2.45 bits per heavy atom. The van der Waals surface area contributed by atoms with Gasteiger partial charge in [-0.3, -0.25) is 0 Å². The van der Waals surface area contributed by atoms with Gasteiger partial charge in [0.2, 0.25) is 0 Å². The number of rotatable bonds is 2. The number of hydrogen-bond donors (Lipinski definition) is 1. The third kappa shape index (κ3) is 2.27. The number of aromatic nitrogens is 1. The second kappa shape index (κ2) is 3.83. The molecule has 60 valence electrons. The van der Waals surface area contributed by atoms with Crippen LogP contribution in [0.1, 0.15) is 18.4 Å². The molecule has 0 saturated heterocycles. The molecular formula is C8H11BrN2. The zero-order valence-corrected chi connectivity index (χ0v) is 8.01. The number of hydrogen-bond acceptors (Lipinski definition) is 2. The fourth-order valence-corrected chi connectivity index (χ4v) is 1.24. The summed E-state index contributed by atoms with van der Waals surface area (Å²) in [6.45, 7) is 2.78. The van der Waals surface area contributed by atoms with E-state index in [4.69, 9.17) is 5.73 Å². The first-order valence-electron chi connectivity index (χ1n) is 3.55. The van der Waals surface area contributed by atoms with E-state index in [1.165, 1.54) is 5.56 Å². The number of nitrogens with zero attached hydrogens (tertiary/aromatic N) is 1. The quantitative estimate of drug-likeness (QED) is 0.765. The number of nitrogens with two attached hydrogens (primary N) is 1. The Bertz CT molecular complexity index is 237. The molecule has 0 saturated carbocycles. The van der Waals surface area contributed by atoms with E-state index in [1.54, 1.807) is 6.20 Å². The molecule has 2 N–H and O–H groups in total. The Balaban J connectivity index is 2.86. The molecule has 1 unspecified atom stereocenters. The molecule has 0 fully saturated rings. The predicted molar refractivity (Wildman–Crippen MR) is 49.4 cm³/mol. The lowest BCUT2D eigenvalue weighted by atomic mass is 10.0. The predicted octanol–water partition coefficient (Wildman–Crippen LogP) is 1.91. The summed E-state index contributed by atoms with van der Waals surface area (Å²) < 4.78 is 0.871. The highest BCUT2D eigenvalue weighted by molar-refractivity contribution is 9.10. The van der Waals surface area contributed by atoms with E-state index in [0.717, 1.165) is 4.60 Å². The largest absolute Gasteiger partial charge is 0.330 e. The molecule has 1 aromatic rings. The second-order valence-corrected chi connectivity index (χ2v) is 3.36. The van der Waals surface area contributed by atoms with Gasteiger partial charge in [-0.15, -0.1) is 0 Å². The van der Waals surface area contributed by atoms with Crippen molar-refractivity contribution in [3.8, 4) is 0 Å². The van der Waals surface area contributed by atoms with E-state index in [2.05, 4.69) is 27.8 Å². The van der Waals surface area contributed by atoms with Gasteiger partial charge in [-0.2, -0.15) is 0 Å². The molecule has 0 aliphatic rings. The van der Waals surface area contributed by atoms with Gasteiger partial charge in [0.05, 0.1) is 0 Å². The smallest absolute Gasteiger partial charge is 0.106 e. The van der Waals surface area contributed by atoms with Gasteiger partial charge in [-0.25, -0.2) is 4.98 Å². The van der Waals surface area contributed by atoms with Crippen LogP contribution in [-0.2, 0) is 0 Å². The van der Waals surface area contributed by atoms with Gasteiger partial charge in [-0.1, -0.05) is 6.92 Å². The van der Waals surface area contributed by atoms with Gasteiger partial charge >= 0.3 is 0 Å². The Labute approximate surface area is 75.0 Å². The average molecular weight is 215 g/mol. The third-order valence-electron chi connectivity index (χ3n) is 1.67. The third-order valence-corrected chi connectivity index (χ3v) is 2.11. The Kier molecular flexibility index (Phi) is 3.02. The molecule has 11 heavy (non-hydrogen) atoms. The minimum Gasteiger partial charge on any atom is -0.330 e. The van der Waals surface area contributed by atoms with Crippen molar-refractivity contribution in [2.45, 2.75) is 12.8 Å². The molecule has 0 aliphatic heterocycles. The molecule has 1 rings (SSSR count).